The smallest absolute Gasteiger partial charge is 0.251 e. The van der Waals surface area contributed by atoms with Gasteiger partial charge in [-0.15, -0.1) is 0 Å². The van der Waals surface area contributed by atoms with E-state index in [4.69, 9.17) is 5.73 Å². The number of primary amides is 1. The number of nitrogens with zero attached hydrogens (tertiary/aromatic N) is 1. The van der Waals surface area contributed by atoms with Gasteiger partial charge >= 0.3 is 0 Å². The topological polar surface area (TPSA) is 68.0 Å². The van der Waals surface area contributed by atoms with Crippen molar-refractivity contribution < 1.29 is 13.6 Å². The summed E-state index contributed by atoms with van der Waals surface area (Å²) < 4.78 is 26.4. The minimum absolute atomic E-state index is 0.195. The fourth-order valence-corrected chi connectivity index (χ4v) is 1.80. The van der Waals surface area contributed by atoms with E-state index in [2.05, 4.69) is 10.3 Å². The summed E-state index contributed by atoms with van der Waals surface area (Å²) in [6.07, 6.45) is 2.64. The molecule has 1 aromatic carbocycles. The summed E-state index contributed by atoms with van der Waals surface area (Å²) in [5.74, 6) is -1.96. The second-order valence-corrected chi connectivity index (χ2v) is 4.36. The van der Waals surface area contributed by atoms with Crippen LogP contribution in [0.5, 0.6) is 0 Å². The molecule has 1 unspecified atom stereocenters. The molecular formula is C14H13F2N3O. The highest BCUT2D eigenvalue weighted by molar-refractivity contribution is 5.94. The summed E-state index contributed by atoms with van der Waals surface area (Å²) in [6, 6.07) is 5.04. The molecule has 2 aromatic rings. The Bertz CT molecular complexity index is 646. The molecule has 0 aliphatic rings. The third-order valence-corrected chi connectivity index (χ3v) is 2.84. The number of hydrogen-bond acceptors (Lipinski definition) is 3. The summed E-state index contributed by atoms with van der Waals surface area (Å²) in [5, 5.41) is 3.03. The fourth-order valence-electron chi connectivity index (χ4n) is 1.80. The molecule has 0 spiro atoms. The quantitative estimate of drug-likeness (QED) is 0.902. The first-order valence-electron chi connectivity index (χ1n) is 5.93. The zero-order valence-electron chi connectivity index (χ0n) is 10.7. The number of nitrogens with one attached hydrogen (secondary N) is 1. The van der Waals surface area contributed by atoms with Gasteiger partial charge in [0.25, 0.3) is 5.91 Å². The maximum atomic E-state index is 13.3. The van der Waals surface area contributed by atoms with E-state index in [-0.39, 0.29) is 11.6 Å². The number of anilines is 1. The maximum absolute atomic E-state index is 13.3. The summed E-state index contributed by atoms with van der Waals surface area (Å²) in [6.45, 7) is 1.80. The fraction of sp³-hybridized carbons (Fsp3) is 0.143. The Balaban J connectivity index is 2.22. The SMILES string of the molecule is CC(Nc1ccc(F)c(C(N)=O)c1)c1cncc(F)c1. The number of aromatic nitrogens is 1. The van der Waals surface area contributed by atoms with Crippen LogP contribution in [0.3, 0.4) is 0 Å². The third-order valence-electron chi connectivity index (χ3n) is 2.84. The van der Waals surface area contributed by atoms with Gasteiger partial charge in [0.15, 0.2) is 0 Å². The lowest BCUT2D eigenvalue weighted by Gasteiger charge is -2.16. The Morgan fingerprint density at radius 1 is 1.30 bits per heavy atom. The minimum Gasteiger partial charge on any atom is -0.378 e. The van der Waals surface area contributed by atoms with Crippen molar-refractivity contribution in [1.82, 2.24) is 4.98 Å². The number of pyridine rings is 1. The number of halogens is 2. The van der Waals surface area contributed by atoms with Crippen LogP contribution in [-0.4, -0.2) is 10.9 Å². The van der Waals surface area contributed by atoms with E-state index in [9.17, 15) is 13.6 Å². The molecule has 3 N–H and O–H groups in total. The van der Waals surface area contributed by atoms with Gasteiger partial charge in [0, 0.05) is 11.9 Å². The monoisotopic (exact) mass is 277 g/mol. The van der Waals surface area contributed by atoms with Gasteiger partial charge in [-0.2, -0.15) is 0 Å². The molecule has 1 amide bonds. The first-order chi connectivity index (χ1) is 9.47. The molecule has 2 rings (SSSR count). The number of rotatable bonds is 4. The normalized spacial score (nSPS) is 11.9. The lowest BCUT2D eigenvalue weighted by molar-refractivity contribution is 0.0996. The predicted molar refractivity (Wildman–Crippen MR) is 71.2 cm³/mol. The van der Waals surface area contributed by atoms with Crippen molar-refractivity contribution in [1.29, 1.82) is 0 Å². The van der Waals surface area contributed by atoms with Crippen molar-refractivity contribution in [2.75, 3.05) is 5.32 Å². The van der Waals surface area contributed by atoms with Crippen LogP contribution in [0.1, 0.15) is 28.9 Å². The minimum atomic E-state index is -0.841. The van der Waals surface area contributed by atoms with Crippen molar-refractivity contribution in [3.05, 3.63) is 59.4 Å². The number of hydrogen-bond donors (Lipinski definition) is 2. The highest BCUT2D eigenvalue weighted by Gasteiger charge is 2.11. The van der Waals surface area contributed by atoms with E-state index in [0.717, 1.165) is 12.3 Å². The second kappa shape index (κ2) is 5.64. The number of amides is 1. The summed E-state index contributed by atoms with van der Waals surface area (Å²) in [7, 11) is 0. The molecule has 1 aromatic heterocycles. The average Bonchev–Trinajstić information content (AvgIpc) is 2.40. The van der Waals surface area contributed by atoms with E-state index in [1.165, 1.54) is 24.4 Å². The molecular weight excluding hydrogens is 264 g/mol. The third kappa shape index (κ3) is 3.09. The first-order valence-corrected chi connectivity index (χ1v) is 5.93. The molecule has 0 saturated heterocycles. The van der Waals surface area contributed by atoms with Gasteiger partial charge in [0.05, 0.1) is 17.8 Å². The lowest BCUT2D eigenvalue weighted by Crippen LogP contribution is -2.14. The number of carbonyl (C=O) groups excluding carboxylic acids is 1. The Morgan fingerprint density at radius 2 is 2.05 bits per heavy atom. The summed E-state index contributed by atoms with van der Waals surface area (Å²) in [5.41, 5.74) is 6.03. The molecule has 0 aliphatic carbocycles. The largest absolute Gasteiger partial charge is 0.378 e. The van der Waals surface area contributed by atoms with E-state index in [1.807, 2.05) is 0 Å². The molecule has 104 valence electrons. The van der Waals surface area contributed by atoms with Crippen molar-refractivity contribution in [2.45, 2.75) is 13.0 Å². The van der Waals surface area contributed by atoms with Gasteiger partial charge in [-0.25, -0.2) is 8.78 Å². The molecule has 1 atom stereocenters. The van der Waals surface area contributed by atoms with Gasteiger partial charge in [0.2, 0.25) is 0 Å². The second-order valence-electron chi connectivity index (χ2n) is 4.36. The lowest BCUT2D eigenvalue weighted by atomic mass is 10.1. The van der Waals surface area contributed by atoms with Gasteiger partial charge in [-0.05, 0) is 36.8 Å². The molecule has 0 fully saturated rings. The van der Waals surface area contributed by atoms with Crippen LogP contribution in [0.15, 0.2) is 36.7 Å². The van der Waals surface area contributed by atoms with Gasteiger partial charge in [0.1, 0.15) is 11.6 Å². The van der Waals surface area contributed by atoms with Crippen molar-refractivity contribution in [2.24, 2.45) is 5.73 Å². The predicted octanol–water partition coefficient (Wildman–Crippen LogP) is 2.63. The highest BCUT2D eigenvalue weighted by atomic mass is 19.1. The van der Waals surface area contributed by atoms with Gasteiger partial charge < -0.3 is 11.1 Å². The van der Waals surface area contributed by atoms with Crippen LogP contribution < -0.4 is 11.1 Å². The molecule has 0 saturated carbocycles. The van der Waals surface area contributed by atoms with E-state index in [1.54, 1.807) is 6.92 Å². The molecule has 0 bridgehead atoms. The standard InChI is InChI=1S/C14H13F2N3O/c1-8(9-4-10(15)7-18-6-9)19-11-2-3-13(16)12(5-11)14(17)20/h2-8,19H,1H3,(H2,17,20). The van der Waals surface area contributed by atoms with Crippen LogP contribution in [-0.2, 0) is 0 Å². The van der Waals surface area contributed by atoms with Crippen LogP contribution in [0, 0.1) is 11.6 Å². The molecule has 4 nitrogen and oxygen atoms in total. The molecule has 0 aliphatic heterocycles. The van der Waals surface area contributed by atoms with E-state index in [0.29, 0.717) is 11.3 Å². The zero-order valence-corrected chi connectivity index (χ0v) is 10.7. The van der Waals surface area contributed by atoms with Crippen LogP contribution in [0.4, 0.5) is 14.5 Å². The summed E-state index contributed by atoms with van der Waals surface area (Å²) >= 11 is 0. The molecule has 20 heavy (non-hydrogen) atoms. The summed E-state index contributed by atoms with van der Waals surface area (Å²) in [4.78, 5) is 14.8. The van der Waals surface area contributed by atoms with Crippen molar-refractivity contribution in [3.8, 4) is 0 Å². The molecule has 6 heteroatoms. The number of nitrogens with two attached hydrogens (primary N) is 1. The maximum Gasteiger partial charge on any atom is 0.251 e. The first kappa shape index (κ1) is 13.9. The van der Waals surface area contributed by atoms with Gasteiger partial charge in [-0.3, -0.25) is 9.78 Å². The van der Waals surface area contributed by atoms with Crippen LogP contribution >= 0.6 is 0 Å². The Morgan fingerprint density at radius 3 is 2.70 bits per heavy atom. The highest BCUT2D eigenvalue weighted by Crippen LogP contribution is 2.21. The zero-order chi connectivity index (χ0) is 14.7. The molecule has 1 heterocycles. The van der Waals surface area contributed by atoms with E-state index < -0.39 is 17.5 Å². The van der Waals surface area contributed by atoms with Crippen molar-refractivity contribution >= 4 is 11.6 Å². The Kier molecular flexibility index (Phi) is 3.93. The van der Waals surface area contributed by atoms with Gasteiger partial charge in [-0.1, -0.05) is 0 Å². The Hall–Kier alpha value is -2.50. The molecule has 0 radical (unpaired) electrons. The van der Waals surface area contributed by atoms with E-state index >= 15 is 0 Å². The average molecular weight is 277 g/mol. The number of carbonyl (C=O) groups is 1. The van der Waals surface area contributed by atoms with Crippen LogP contribution in [0.2, 0.25) is 0 Å². The Labute approximate surface area is 114 Å². The van der Waals surface area contributed by atoms with Crippen molar-refractivity contribution in [3.63, 3.8) is 0 Å². The number of benzene rings is 1. The van der Waals surface area contributed by atoms with Crippen LogP contribution in [0.25, 0.3) is 0 Å².